The second kappa shape index (κ2) is 4.43. The van der Waals surface area contributed by atoms with E-state index in [1.807, 2.05) is 6.92 Å². The Bertz CT molecular complexity index is 351. The molecule has 0 aliphatic heterocycles. The van der Waals surface area contributed by atoms with Gasteiger partial charge in [-0.05, 0) is 6.92 Å². The molecule has 0 radical (unpaired) electrons. The van der Waals surface area contributed by atoms with Gasteiger partial charge < -0.3 is 5.32 Å². The van der Waals surface area contributed by atoms with Crippen molar-refractivity contribution in [2.24, 2.45) is 0 Å². The predicted molar refractivity (Wildman–Crippen MR) is 60.5 cm³/mol. The summed E-state index contributed by atoms with van der Waals surface area (Å²) in [6.45, 7) is 8.76. The van der Waals surface area contributed by atoms with Gasteiger partial charge >= 0.3 is 0 Å². The van der Waals surface area contributed by atoms with Crippen LogP contribution < -0.4 is 5.32 Å². The van der Waals surface area contributed by atoms with E-state index in [4.69, 9.17) is 0 Å². The molecule has 0 aliphatic carbocycles. The van der Waals surface area contributed by atoms with Crippen LogP contribution in [0.2, 0.25) is 0 Å². The van der Waals surface area contributed by atoms with Crippen molar-refractivity contribution in [3.8, 4) is 11.8 Å². The first-order chi connectivity index (χ1) is 6.54. The van der Waals surface area contributed by atoms with E-state index in [0.717, 1.165) is 11.0 Å². The highest BCUT2D eigenvalue weighted by Gasteiger charge is 2.19. The molecule has 3 nitrogen and oxygen atoms in total. The molecule has 0 amide bonds. The summed E-state index contributed by atoms with van der Waals surface area (Å²) >= 11 is 1.39. The quantitative estimate of drug-likeness (QED) is 0.759. The van der Waals surface area contributed by atoms with Crippen molar-refractivity contribution in [2.45, 2.75) is 33.1 Å². The lowest BCUT2D eigenvalue weighted by atomic mass is 9.96. The second-order valence-corrected chi connectivity index (χ2v) is 4.71. The molecule has 0 aromatic carbocycles. The topological polar surface area (TPSA) is 37.8 Å². The molecule has 0 atom stereocenters. The fourth-order valence-corrected chi connectivity index (χ4v) is 1.56. The van der Waals surface area contributed by atoms with Crippen molar-refractivity contribution in [3.05, 3.63) is 5.82 Å². The van der Waals surface area contributed by atoms with E-state index in [1.54, 1.807) is 0 Å². The molecule has 0 saturated carbocycles. The fraction of sp³-hybridized carbons (Fsp3) is 0.600. The van der Waals surface area contributed by atoms with Gasteiger partial charge in [-0.15, -0.1) is 5.92 Å². The lowest BCUT2D eigenvalue weighted by molar-refractivity contribution is 0.555. The molecule has 0 aliphatic rings. The highest BCUT2D eigenvalue weighted by molar-refractivity contribution is 7.09. The van der Waals surface area contributed by atoms with E-state index in [2.05, 4.69) is 47.3 Å². The molecule has 0 unspecified atom stereocenters. The Morgan fingerprint density at radius 1 is 1.43 bits per heavy atom. The first kappa shape index (κ1) is 11.0. The van der Waals surface area contributed by atoms with Crippen LogP contribution >= 0.6 is 11.5 Å². The lowest BCUT2D eigenvalue weighted by Gasteiger charge is -2.12. The SMILES string of the molecule is CC#CCNc1nc(C(C)(C)C)ns1. The number of nitrogens with one attached hydrogen (secondary N) is 1. The van der Waals surface area contributed by atoms with Crippen LogP contribution in [0.1, 0.15) is 33.5 Å². The Hall–Kier alpha value is -1.08. The van der Waals surface area contributed by atoms with Crippen molar-refractivity contribution in [3.63, 3.8) is 0 Å². The van der Waals surface area contributed by atoms with Gasteiger partial charge in [-0.25, -0.2) is 4.98 Å². The van der Waals surface area contributed by atoms with Crippen molar-refractivity contribution in [2.75, 3.05) is 11.9 Å². The van der Waals surface area contributed by atoms with E-state index in [-0.39, 0.29) is 5.41 Å². The van der Waals surface area contributed by atoms with Crippen LogP contribution in [-0.2, 0) is 5.41 Å². The van der Waals surface area contributed by atoms with Crippen LogP contribution in [0.3, 0.4) is 0 Å². The smallest absolute Gasteiger partial charge is 0.203 e. The van der Waals surface area contributed by atoms with Gasteiger partial charge in [-0.3, -0.25) is 0 Å². The van der Waals surface area contributed by atoms with Crippen molar-refractivity contribution >= 4 is 16.7 Å². The second-order valence-electron chi connectivity index (χ2n) is 3.95. The lowest BCUT2D eigenvalue weighted by Crippen LogP contribution is -2.13. The molecular weight excluding hydrogens is 194 g/mol. The molecule has 76 valence electrons. The Balaban J connectivity index is 2.63. The number of hydrogen-bond acceptors (Lipinski definition) is 4. The summed E-state index contributed by atoms with van der Waals surface area (Å²) in [5, 5.41) is 3.95. The zero-order valence-electron chi connectivity index (χ0n) is 9.01. The third-order valence-electron chi connectivity index (χ3n) is 1.60. The summed E-state index contributed by atoms with van der Waals surface area (Å²) in [4.78, 5) is 4.38. The minimum absolute atomic E-state index is 0.0207. The summed E-state index contributed by atoms with van der Waals surface area (Å²) in [5.74, 6) is 6.63. The Morgan fingerprint density at radius 2 is 2.14 bits per heavy atom. The molecule has 1 rings (SSSR count). The molecule has 0 saturated heterocycles. The zero-order valence-corrected chi connectivity index (χ0v) is 9.83. The average molecular weight is 209 g/mol. The first-order valence-corrected chi connectivity index (χ1v) is 5.29. The van der Waals surface area contributed by atoms with Gasteiger partial charge in [0.15, 0.2) is 0 Å². The third kappa shape index (κ3) is 3.00. The van der Waals surface area contributed by atoms with E-state index >= 15 is 0 Å². The molecule has 4 heteroatoms. The number of hydrogen-bond donors (Lipinski definition) is 1. The maximum Gasteiger partial charge on any atom is 0.203 e. The predicted octanol–water partition coefficient (Wildman–Crippen LogP) is 2.27. The zero-order chi connectivity index (χ0) is 10.6. The van der Waals surface area contributed by atoms with Gasteiger partial charge in [-0.1, -0.05) is 26.7 Å². The molecular formula is C10H15N3S. The van der Waals surface area contributed by atoms with Crippen LogP contribution in [0.25, 0.3) is 0 Å². The minimum Gasteiger partial charge on any atom is -0.349 e. The highest BCUT2D eigenvalue weighted by atomic mass is 32.1. The monoisotopic (exact) mass is 209 g/mol. The maximum absolute atomic E-state index is 4.38. The Kier molecular flexibility index (Phi) is 3.48. The van der Waals surface area contributed by atoms with E-state index < -0.39 is 0 Å². The van der Waals surface area contributed by atoms with Crippen LogP contribution in [0.15, 0.2) is 0 Å². The van der Waals surface area contributed by atoms with Crippen LogP contribution in [0.5, 0.6) is 0 Å². The molecule has 0 fully saturated rings. The van der Waals surface area contributed by atoms with E-state index in [0.29, 0.717) is 6.54 Å². The van der Waals surface area contributed by atoms with Crippen LogP contribution in [0.4, 0.5) is 5.13 Å². The largest absolute Gasteiger partial charge is 0.349 e. The van der Waals surface area contributed by atoms with Crippen molar-refractivity contribution in [1.29, 1.82) is 0 Å². The summed E-state index contributed by atoms with van der Waals surface area (Å²) in [6, 6.07) is 0. The average Bonchev–Trinajstić information content (AvgIpc) is 2.52. The van der Waals surface area contributed by atoms with Gasteiger partial charge in [0.2, 0.25) is 5.13 Å². The molecule has 1 aromatic rings. The Morgan fingerprint density at radius 3 is 2.64 bits per heavy atom. The molecule has 0 spiro atoms. The molecule has 1 heterocycles. The number of anilines is 1. The van der Waals surface area contributed by atoms with Crippen molar-refractivity contribution < 1.29 is 0 Å². The van der Waals surface area contributed by atoms with Crippen LogP contribution in [-0.4, -0.2) is 15.9 Å². The summed E-state index contributed by atoms with van der Waals surface area (Å²) in [5.41, 5.74) is 0.0207. The summed E-state index contributed by atoms with van der Waals surface area (Å²) in [6.07, 6.45) is 0. The van der Waals surface area contributed by atoms with E-state index in [1.165, 1.54) is 11.5 Å². The van der Waals surface area contributed by atoms with Gasteiger partial charge in [0.1, 0.15) is 5.82 Å². The number of nitrogens with zero attached hydrogens (tertiary/aromatic N) is 2. The Labute approximate surface area is 89.1 Å². The van der Waals surface area contributed by atoms with Gasteiger partial charge in [0.25, 0.3) is 0 Å². The highest BCUT2D eigenvalue weighted by Crippen LogP contribution is 2.22. The summed E-state index contributed by atoms with van der Waals surface area (Å²) in [7, 11) is 0. The third-order valence-corrected chi connectivity index (χ3v) is 2.27. The maximum atomic E-state index is 4.38. The van der Waals surface area contributed by atoms with Gasteiger partial charge in [0, 0.05) is 16.9 Å². The molecule has 1 N–H and O–H groups in total. The molecule has 1 aromatic heterocycles. The fourth-order valence-electron chi connectivity index (χ4n) is 0.808. The van der Waals surface area contributed by atoms with Crippen molar-refractivity contribution in [1.82, 2.24) is 9.36 Å². The van der Waals surface area contributed by atoms with Gasteiger partial charge in [-0.2, -0.15) is 4.37 Å². The standard InChI is InChI=1S/C10H15N3S/c1-5-6-7-11-9-12-8(13-14-9)10(2,3)4/h7H2,1-4H3,(H,11,12,13). The summed E-state index contributed by atoms with van der Waals surface area (Å²) < 4.78 is 4.29. The number of rotatable bonds is 2. The minimum atomic E-state index is 0.0207. The molecule has 14 heavy (non-hydrogen) atoms. The molecule has 0 bridgehead atoms. The van der Waals surface area contributed by atoms with Gasteiger partial charge in [0.05, 0.1) is 6.54 Å². The first-order valence-electron chi connectivity index (χ1n) is 4.51. The van der Waals surface area contributed by atoms with E-state index in [9.17, 15) is 0 Å². The normalized spacial score (nSPS) is 10.6. The van der Waals surface area contributed by atoms with Crippen LogP contribution in [0, 0.1) is 11.8 Å². The number of aromatic nitrogens is 2.